The van der Waals surface area contributed by atoms with Gasteiger partial charge in [0.15, 0.2) is 5.16 Å². The Labute approximate surface area is 206 Å². The highest BCUT2D eigenvalue weighted by molar-refractivity contribution is 7.99. The third-order valence-corrected chi connectivity index (χ3v) is 6.33. The van der Waals surface area contributed by atoms with E-state index in [1.807, 2.05) is 60.9 Å². The summed E-state index contributed by atoms with van der Waals surface area (Å²) in [6.45, 7) is 5.24. The van der Waals surface area contributed by atoms with Gasteiger partial charge in [-0.1, -0.05) is 36.0 Å². The minimum Gasteiger partial charge on any atom is -0.326 e. The highest BCUT2D eigenvalue weighted by Gasteiger charge is 2.21. The van der Waals surface area contributed by atoms with Gasteiger partial charge in [-0.2, -0.15) is 5.26 Å². The molecule has 0 spiro atoms. The highest BCUT2D eigenvalue weighted by atomic mass is 32.2. The lowest BCUT2D eigenvalue weighted by Gasteiger charge is -2.13. The maximum Gasteiger partial charge on any atom is 0.236 e. The third kappa shape index (κ3) is 5.10. The Bertz CT molecular complexity index is 1430. The summed E-state index contributed by atoms with van der Waals surface area (Å²) in [5, 5.41) is 24.0. The van der Waals surface area contributed by atoms with Crippen molar-refractivity contribution in [2.45, 2.75) is 25.9 Å². The van der Waals surface area contributed by atoms with Crippen molar-refractivity contribution in [3.8, 4) is 17.4 Å². The van der Waals surface area contributed by atoms with Crippen molar-refractivity contribution in [1.82, 2.24) is 19.3 Å². The number of anilines is 2. The van der Waals surface area contributed by atoms with Gasteiger partial charge in [0.05, 0.1) is 17.0 Å². The average Bonchev–Trinajstić information content (AvgIpc) is 3.40. The number of nitrogens with one attached hydrogen (secondary N) is 2. The molecule has 9 nitrogen and oxygen atoms in total. The fraction of sp³-hybridized carbons (Fsp3) is 0.160. The second kappa shape index (κ2) is 10.3. The van der Waals surface area contributed by atoms with Crippen LogP contribution in [0.2, 0.25) is 0 Å². The number of amides is 2. The van der Waals surface area contributed by atoms with Crippen molar-refractivity contribution in [1.29, 1.82) is 5.26 Å². The average molecular weight is 486 g/mol. The smallest absolute Gasteiger partial charge is 0.236 e. The summed E-state index contributed by atoms with van der Waals surface area (Å²) in [7, 11) is 0. The number of para-hydroxylation sites is 1. The van der Waals surface area contributed by atoms with Crippen LogP contribution in [0.5, 0.6) is 0 Å². The van der Waals surface area contributed by atoms with Crippen molar-refractivity contribution in [3.05, 3.63) is 77.7 Å². The molecule has 0 saturated heterocycles. The van der Waals surface area contributed by atoms with Crippen molar-refractivity contribution in [2.24, 2.45) is 0 Å². The van der Waals surface area contributed by atoms with Crippen LogP contribution in [0, 0.1) is 25.2 Å². The molecule has 0 aliphatic rings. The fourth-order valence-electron chi connectivity index (χ4n) is 3.70. The van der Waals surface area contributed by atoms with E-state index >= 15 is 0 Å². The van der Waals surface area contributed by atoms with E-state index < -0.39 is 0 Å². The number of nitrogens with zero attached hydrogens (tertiary/aromatic N) is 5. The van der Waals surface area contributed by atoms with Crippen molar-refractivity contribution in [2.75, 3.05) is 16.4 Å². The van der Waals surface area contributed by atoms with E-state index in [4.69, 9.17) is 0 Å². The van der Waals surface area contributed by atoms with Crippen molar-refractivity contribution in [3.63, 3.8) is 0 Å². The zero-order valence-electron chi connectivity index (χ0n) is 19.4. The number of hydrogen-bond donors (Lipinski definition) is 2. The molecule has 176 valence electrons. The largest absolute Gasteiger partial charge is 0.326 e. The lowest BCUT2D eigenvalue weighted by Crippen LogP contribution is -2.18. The second-order valence-corrected chi connectivity index (χ2v) is 8.71. The zero-order chi connectivity index (χ0) is 24.9. The van der Waals surface area contributed by atoms with Crippen LogP contribution in [-0.4, -0.2) is 36.9 Å². The van der Waals surface area contributed by atoms with E-state index in [2.05, 4.69) is 26.9 Å². The van der Waals surface area contributed by atoms with Gasteiger partial charge in [-0.3, -0.25) is 18.7 Å². The standard InChI is InChI=1S/C25H23N7O2S/c1-16-17(2)32(20-9-5-4-6-10-20)24(22(16)13-26)29-23(34)14-35-25-30-27-15-31(25)21-11-7-8-19(12-21)28-18(3)33/h4-12,15H,14H2,1-3H3,(H,28,33)(H,29,34). The molecule has 0 fully saturated rings. The molecule has 0 atom stereocenters. The summed E-state index contributed by atoms with van der Waals surface area (Å²) in [5.74, 6) is 0.0682. The van der Waals surface area contributed by atoms with E-state index in [-0.39, 0.29) is 17.6 Å². The number of benzene rings is 2. The van der Waals surface area contributed by atoms with Crippen LogP contribution in [0.15, 0.2) is 66.1 Å². The summed E-state index contributed by atoms with van der Waals surface area (Å²) in [4.78, 5) is 24.3. The van der Waals surface area contributed by atoms with Gasteiger partial charge in [0, 0.05) is 24.0 Å². The Kier molecular flexibility index (Phi) is 6.98. The number of rotatable bonds is 7. The molecule has 4 rings (SSSR count). The van der Waals surface area contributed by atoms with Crippen LogP contribution in [0.1, 0.15) is 23.7 Å². The molecule has 2 amide bonds. The quantitative estimate of drug-likeness (QED) is 0.378. The first-order chi connectivity index (χ1) is 16.9. The van der Waals surface area contributed by atoms with Gasteiger partial charge >= 0.3 is 0 Å². The SMILES string of the molecule is CC(=O)Nc1cccc(-n2cnnc2SCC(=O)Nc2c(C#N)c(C)c(C)n2-c2ccccc2)c1. The van der Waals surface area contributed by atoms with Crippen LogP contribution in [0.4, 0.5) is 11.5 Å². The van der Waals surface area contributed by atoms with Crippen LogP contribution in [-0.2, 0) is 9.59 Å². The molecule has 0 aliphatic heterocycles. The van der Waals surface area contributed by atoms with Gasteiger partial charge in [-0.25, -0.2) is 0 Å². The molecule has 10 heteroatoms. The first-order valence-corrected chi connectivity index (χ1v) is 11.8. The zero-order valence-corrected chi connectivity index (χ0v) is 20.3. The number of nitriles is 1. The lowest BCUT2D eigenvalue weighted by atomic mass is 10.2. The summed E-state index contributed by atoms with van der Waals surface area (Å²) < 4.78 is 3.62. The normalized spacial score (nSPS) is 10.6. The monoisotopic (exact) mass is 485 g/mol. The summed E-state index contributed by atoms with van der Waals surface area (Å²) in [6.07, 6.45) is 1.55. The number of thioether (sulfide) groups is 1. The number of hydrogen-bond acceptors (Lipinski definition) is 6. The third-order valence-electron chi connectivity index (χ3n) is 5.39. The molecule has 0 saturated carbocycles. The van der Waals surface area contributed by atoms with Gasteiger partial charge in [0.2, 0.25) is 11.8 Å². The van der Waals surface area contributed by atoms with Gasteiger partial charge in [-0.15, -0.1) is 10.2 Å². The Morgan fingerprint density at radius 3 is 2.51 bits per heavy atom. The predicted molar refractivity (Wildman–Crippen MR) is 135 cm³/mol. The molecule has 2 N–H and O–H groups in total. The van der Waals surface area contributed by atoms with Crippen LogP contribution < -0.4 is 10.6 Å². The number of aromatic nitrogens is 4. The molecular weight excluding hydrogens is 462 g/mol. The van der Waals surface area contributed by atoms with E-state index in [0.717, 1.165) is 22.6 Å². The van der Waals surface area contributed by atoms with E-state index in [0.29, 0.717) is 22.2 Å². The first kappa shape index (κ1) is 23.8. The predicted octanol–water partition coefficient (Wildman–Crippen LogP) is 4.24. The number of carbonyl (C=O) groups is 2. The molecule has 0 bridgehead atoms. The maximum atomic E-state index is 12.9. The van der Waals surface area contributed by atoms with Crippen molar-refractivity contribution >= 4 is 35.1 Å². The molecule has 2 heterocycles. The van der Waals surface area contributed by atoms with Gasteiger partial charge < -0.3 is 10.6 Å². The minimum atomic E-state index is -0.275. The minimum absolute atomic E-state index is 0.0625. The maximum absolute atomic E-state index is 12.9. The Morgan fingerprint density at radius 2 is 1.80 bits per heavy atom. The molecule has 4 aromatic rings. The molecule has 0 aliphatic carbocycles. The Balaban J connectivity index is 1.54. The molecular formula is C25H23N7O2S. The van der Waals surface area contributed by atoms with E-state index in [1.54, 1.807) is 23.0 Å². The van der Waals surface area contributed by atoms with E-state index in [1.165, 1.54) is 18.7 Å². The number of carbonyl (C=O) groups excluding carboxylic acids is 2. The summed E-state index contributed by atoms with van der Waals surface area (Å²) in [5.41, 5.74) is 4.39. The van der Waals surface area contributed by atoms with E-state index in [9.17, 15) is 14.9 Å². The lowest BCUT2D eigenvalue weighted by molar-refractivity contribution is -0.114. The molecule has 2 aromatic carbocycles. The van der Waals surface area contributed by atoms with Gasteiger partial charge in [0.1, 0.15) is 18.2 Å². The summed E-state index contributed by atoms with van der Waals surface area (Å²) >= 11 is 1.22. The van der Waals surface area contributed by atoms with Crippen molar-refractivity contribution < 1.29 is 9.59 Å². The topological polar surface area (TPSA) is 118 Å². The molecule has 35 heavy (non-hydrogen) atoms. The molecule has 2 aromatic heterocycles. The van der Waals surface area contributed by atoms with Crippen LogP contribution in [0.25, 0.3) is 11.4 Å². The fourth-order valence-corrected chi connectivity index (χ4v) is 4.42. The highest BCUT2D eigenvalue weighted by Crippen LogP contribution is 2.30. The molecule has 0 unspecified atom stereocenters. The van der Waals surface area contributed by atoms with Crippen LogP contribution >= 0.6 is 11.8 Å². The summed E-state index contributed by atoms with van der Waals surface area (Å²) in [6, 6.07) is 19.1. The Morgan fingerprint density at radius 1 is 1.06 bits per heavy atom. The van der Waals surface area contributed by atoms with Gasteiger partial charge in [-0.05, 0) is 49.7 Å². The second-order valence-electron chi connectivity index (χ2n) is 7.77. The molecule has 0 radical (unpaired) electrons. The van der Waals surface area contributed by atoms with Crippen LogP contribution in [0.3, 0.4) is 0 Å². The van der Waals surface area contributed by atoms with Gasteiger partial charge in [0.25, 0.3) is 0 Å². The Hall–Kier alpha value is -4.36. The first-order valence-electron chi connectivity index (χ1n) is 10.8.